The van der Waals surface area contributed by atoms with Crippen LogP contribution in [0, 0.1) is 3.70 Å². The summed E-state index contributed by atoms with van der Waals surface area (Å²) in [6.07, 6.45) is 4.81. The number of aliphatic hydroxyl groups excluding tert-OH is 1. The lowest BCUT2D eigenvalue weighted by Crippen LogP contribution is -2.22. The van der Waals surface area contributed by atoms with Gasteiger partial charge in [-0.2, -0.15) is 5.10 Å². The zero-order valence-corrected chi connectivity index (χ0v) is 11.9. The Labute approximate surface area is 118 Å². The van der Waals surface area contributed by atoms with Gasteiger partial charge in [-0.3, -0.25) is 0 Å². The third kappa shape index (κ3) is 1.95. The van der Waals surface area contributed by atoms with Crippen molar-refractivity contribution in [1.82, 2.24) is 19.7 Å². The third-order valence-electron chi connectivity index (χ3n) is 3.49. The average molecular weight is 359 g/mol. The summed E-state index contributed by atoms with van der Waals surface area (Å²) in [5.74, 6) is 0.478. The lowest BCUT2D eigenvalue weighted by Gasteiger charge is -2.25. The van der Waals surface area contributed by atoms with E-state index in [1.165, 1.54) is 6.33 Å². The van der Waals surface area contributed by atoms with Crippen LogP contribution in [0.1, 0.15) is 31.7 Å². The van der Waals surface area contributed by atoms with Crippen LogP contribution in [0.15, 0.2) is 6.33 Å². The van der Waals surface area contributed by atoms with Crippen LogP contribution in [0.5, 0.6) is 0 Å². The van der Waals surface area contributed by atoms with Crippen LogP contribution in [0.25, 0.3) is 11.0 Å². The van der Waals surface area contributed by atoms with E-state index in [1.807, 2.05) is 4.68 Å². The quantitative estimate of drug-likeness (QED) is 0.753. The fourth-order valence-electron chi connectivity index (χ4n) is 2.51. The Morgan fingerprint density at radius 1 is 1.28 bits per heavy atom. The summed E-state index contributed by atoms with van der Waals surface area (Å²) in [6.45, 7) is 0. The van der Waals surface area contributed by atoms with Crippen molar-refractivity contribution in [3.8, 4) is 0 Å². The van der Waals surface area contributed by atoms with Gasteiger partial charge in [0.1, 0.15) is 15.8 Å². The smallest absolute Gasteiger partial charge is 0.164 e. The minimum absolute atomic E-state index is 0.165. The van der Waals surface area contributed by atoms with E-state index in [0.29, 0.717) is 11.9 Å². The Morgan fingerprint density at radius 2 is 2.00 bits per heavy atom. The number of aliphatic hydroxyl groups is 1. The Bertz CT molecular complexity index is 576. The van der Waals surface area contributed by atoms with Gasteiger partial charge in [0.05, 0.1) is 17.5 Å². The molecule has 1 fully saturated rings. The zero-order chi connectivity index (χ0) is 12.7. The maximum atomic E-state index is 9.56. The zero-order valence-electron chi connectivity index (χ0n) is 9.75. The van der Waals surface area contributed by atoms with E-state index < -0.39 is 0 Å². The van der Waals surface area contributed by atoms with Crippen LogP contribution in [-0.4, -0.2) is 31.0 Å². The van der Waals surface area contributed by atoms with Gasteiger partial charge in [0.25, 0.3) is 0 Å². The number of rotatable bonds is 1. The normalized spacial score (nSPS) is 24.6. The number of hydrogen-bond donors (Lipinski definition) is 2. The van der Waals surface area contributed by atoms with Gasteiger partial charge in [-0.1, -0.05) is 0 Å². The first-order valence-electron chi connectivity index (χ1n) is 5.99. The lowest BCUT2D eigenvalue weighted by molar-refractivity contribution is 0.108. The highest BCUT2D eigenvalue weighted by Crippen LogP contribution is 2.32. The van der Waals surface area contributed by atoms with Crippen molar-refractivity contribution < 1.29 is 5.11 Å². The van der Waals surface area contributed by atoms with Crippen LogP contribution in [-0.2, 0) is 0 Å². The molecule has 3 N–H and O–H groups in total. The van der Waals surface area contributed by atoms with Gasteiger partial charge in [-0.25, -0.2) is 14.6 Å². The topological polar surface area (TPSA) is 89.9 Å². The molecule has 6 nitrogen and oxygen atoms in total. The van der Waals surface area contributed by atoms with Gasteiger partial charge in [0.15, 0.2) is 5.65 Å². The Kier molecular flexibility index (Phi) is 3.10. The molecular formula is C11H14IN5O. The van der Waals surface area contributed by atoms with Crippen molar-refractivity contribution in [2.24, 2.45) is 0 Å². The molecule has 2 aromatic rings. The second-order valence-electron chi connectivity index (χ2n) is 4.66. The first-order valence-corrected chi connectivity index (χ1v) is 7.07. The number of hydrogen-bond acceptors (Lipinski definition) is 5. The van der Waals surface area contributed by atoms with Gasteiger partial charge < -0.3 is 10.8 Å². The summed E-state index contributed by atoms with van der Waals surface area (Å²) >= 11 is 2.16. The minimum Gasteiger partial charge on any atom is -0.393 e. The largest absolute Gasteiger partial charge is 0.393 e. The molecule has 0 saturated heterocycles. The number of halogens is 1. The van der Waals surface area contributed by atoms with E-state index in [9.17, 15) is 5.11 Å². The molecule has 0 radical (unpaired) electrons. The molecule has 96 valence electrons. The molecule has 3 rings (SSSR count). The van der Waals surface area contributed by atoms with Gasteiger partial charge in [-0.15, -0.1) is 0 Å². The lowest BCUT2D eigenvalue weighted by atomic mass is 9.93. The standard InChI is InChI=1S/C11H14IN5O/c12-9-8-10(13)14-5-15-11(8)17(16-9)6-1-3-7(18)4-2-6/h5-7,18H,1-4H2,(H2,13,14,15)/t6-,7+. The molecule has 0 atom stereocenters. The van der Waals surface area contributed by atoms with Crippen LogP contribution in [0.4, 0.5) is 5.82 Å². The summed E-state index contributed by atoms with van der Waals surface area (Å²) in [5.41, 5.74) is 6.67. The van der Waals surface area contributed by atoms with Crippen molar-refractivity contribution in [2.45, 2.75) is 37.8 Å². The highest BCUT2D eigenvalue weighted by atomic mass is 127. The summed E-state index contributed by atoms with van der Waals surface area (Å²) in [7, 11) is 0. The van der Waals surface area contributed by atoms with Crippen LogP contribution >= 0.6 is 22.6 Å². The van der Waals surface area contributed by atoms with E-state index in [0.717, 1.165) is 40.4 Å². The molecule has 2 aromatic heterocycles. The second-order valence-corrected chi connectivity index (χ2v) is 5.68. The number of aromatic nitrogens is 4. The van der Waals surface area contributed by atoms with Crippen molar-refractivity contribution >= 4 is 39.4 Å². The molecule has 0 aromatic carbocycles. The average Bonchev–Trinajstić information content (AvgIpc) is 2.69. The number of fused-ring (bicyclic) bond motifs is 1. The van der Waals surface area contributed by atoms with Gasteiger partial charge in [-0.05, 0) is 48.3 Å². The third-order valence-corrected chi connectivity index (χ3v) is 4.24. The van der Waals surface area contributed by atoms with Crippen molar-refractivity contribution in [2.75, 3.05) is 5.73 Å². The molecule has 7 heteroatoms. The van der Waals surface area contributed by atoms with Crippen LogP contribution < -0.4 is 5.73 Å². The van der Waals surface area contributed by atoms with E-state index >= 15 is 0 Å². The summed E-state index contributed by atoms with van der Waals surface area (Å²) < 4.78 is 2.79. The maximum absolute atomic E-state index is 9.56. The van der Waals surface area contributed by atoms with Gasteiger partial charge in [0, 0.05) is 0 Å². The summed E-state index contributed by atoms with van der Waals surface area (Å²) in [6, 6.07) is 0.300. The molecule has 1 aliphatic rings. The highest BCUT2D eigenvalue weighted by Gasteiger charge is 2.24. The Morgan fingerprint density at radius 3 is 2.72 bits per heavy atom. The monoisotopic (exact) mass is 359 g/mol. The molecule has 0 bridgehead atoms. The van der Waals surface area contributed by atoms with Crippen molar-refractivity contribution in [3.63, 3.8) is 0 Å². The van der Waals surface area contributed by atoms with Gasteiger partial charge in [0.2, 0.25) is 0 Å². The number of anilines is 1. The molecule has 2 heterocycles. The summed E-state index contributed by atoms with van der Waals surface area (Å²) in [5, 5.41) is 14.9. The Hall–Kier alpha value is -0.960. The molecule has 18 heavy (non-hydrogen) atoms. The maximum Gasteiger partial charge on any atom is 0.164 e. The highest BCUT2D eigenvalue weighted by molar-refractivity contribution is 14.1. The number of nitrogen functional groups attached to an aromatic ring is 1. The number of nitrogens with two attached hydrogens (primary N) is 1. The molecule has 1 saturated carbocycles. The first-order chi connectivity index (χ1) is 8.66. The van der Waals surface area contributed by atoms with E-state index in [4.69, 9.17) is 5.73 Å². The van der Waals surface area contributed by atoms with Crippen LogP contribution in [0.2, 0.25) is 0 Å². The minimum atomic E-state index is -0.165. The van der Waals surface area contributed by atoms with E-state index in [1.54, 1.807) is 0 Å². The van der Waals surface area contributed by atoms with Gasteiger partial charge >= 0.3 is 0 Å². The molecule has 0 unspecified atom stereocenters. The van der Waals surface area contributed by atoms with Crippen LogP contribution in [0.3, 0.4) is 0 Å². The number of nitrogens with zero attached hydrogens (tertiary/aromatic N) is 4. The second kappa shape index (κ2) is 4.61. The predicted octanol–water partition coefficient (Wildman–Crippen LogP) is 1.49. The van der Waals surface area contributed by atoms with E-state index in [-0.39, 0.29) is 6.10 Å². The fourth-order valence-corrected chi connectivity index (χ4v) is 3.26. The molecule has 1 aliphatic carbocycles. The first kappa shape index (κ1) is 12.1. The molecule has 0 aliphatic heterocycles. The van der Waals surface area contributed by atoms with Crippen molar-refractivity contribution in [3.05, 3.63) is 10.0 Å². The van der Waals surface area contributed by atoms with Crippen molar-refractivity contribution in [1.29, 1.82) is 0 Å². The molecular weight excluding hydrogens is 345 g/mol. The molecule has 0 amide bonds. The Balaban J connectivity index is 2.05. The van der Waals surface area contributed by atoms with E-state index in [2.05, 4.69) is 37.7 Å². The summed E-state index contributed by atoms with van der Waals surface area (Å²) in [4.78, 5) is 8.31. The SMILES string of the molecule is Nc1ncnc2c1c(I)nn2[C@H]1CC[C@@H](O)CC1. The molecule has 0 spiro atoms. The predicted molar refractivity (Wildman–Crippen MR) is 76.0 cm³/mol. The fraction of sp³-hybridized carbons (Fsp3) is 0.545.